The number of amides is 1. The van der Waals surface area contributed by atoms with Crippen molar-refractivity contribution in [2.75, 3.05) is 6.54 Å². The molecule has 0 unspecified atom stereocenters. The second-order valence-corrected chi connectivity index (χ2v) is 4.95. The third-order valence-electron chi connectivity index (χ3n) is 3.18. The molecule has 6 nitrogen and oxygen atoms in total. The average molecular weight is 309 g/mol. The molecule has 1 aliphatic rings. The van der Waals surface area contributed by atoms with Gasteiger partial charge in [0.1, 0.15) is 0 Å². The Bertz CT molecular complexity index is 667. The summed E-state index contributed by atoms with van der Waals surface area (Å²) in [7, 11) is 0. The van der Waals surface area contributed by atoms with Crippen molar-refractivity contribution in [1.82, 2.24) is 4.90 Å². The van der Waals surface area contributed by atoms with Crippen LogP contribution in [0.4, 0.5) is 0 Å². The molecule has 110 valence electrons. The van der Waals surface area contributed by atoms with E-state index in [2.05, 4.69) is 0 Å². The Balaban J connectivity index is 2.60. The molecule has 7 heteroatoms. The lowest BCUT2D eigenvalue weighted by Gasteiger charge is -2.27. The van der Waals surface area contributed by atoms with Crippen LogP contribution in [0.15, 0.2) is 35.6 Å². The largest absolute Gasteiger partial charge is 0.548 e. The fourth-order valence-corrected chi connectivity index (χ4v) is 2.57. The third-order valence-corrected chi connectivity index (χ3v) is 3.53. The van der Waals surface area contributed by atoms with Crippen molar-refractivity contribution in [3.05, 3.63) is 46.2 Å². The number of carbonyl (C=O) groups excluding carboxylic acids is 3. The minimum Gasteiger partial charge on any atom is -0.548 e. The molecule has 0 saturated heterocycles. The molecule has 1 atom stereocenters. The van der Waals surface area contributed by atoms with Crippen molar-refractivity contribution in [2.45, 2.75) is 13.0 Å². The highest BCUT2D eigenvalue weighted by molar-refractivity contribution is 6.31. The minimum atomic E-state index is -1.50. The van der Waals surface area contributed by atoms with Crippen LogP contribution in [-0.4, -0.2) is 34.2 Å². The predicted molar refractivity (Wildman–Crippen MR) is 71.2 cm³/mol. The van der Waals surface area contributed by atoms with Gasteiger partial charge in [0.15, 0.2) is 11.5 Å². The van der Waals surface area contributed by atoms with Crippen LogP contribution in [0.1, 0.15) is 18.5 Å². The molecular weight excluding hydrogens is 298 g/mol. The van der Waals surface area contributed by atoms with Crippen LogP contribution in [0.5, 0.6) is 0 Å². The number of aliphatic hydroxyl groups excluding tert-OH is 1. The van der Waals surface area contributed by atoms with E-state index in [0.717, 1.165) is 4.90 Å². The first-order valence-corrected chi connectivity index (χ1v) is 6.41. The number of aliphatic hydroxyl groups is 1. The topological polar surface area (TPSA) is 97.7 Å². The zero-order valence-corrected chi connectivity index (χ0v) is 11.8. The number of hydrogen-bond acceptors (Lipinski definition) is 5. The Hall–Kier alpha value is -2.34. The summed E-state index contributed by atoms with van der Waals surface area (Å²) in [6.07, 6.45) is 0. The molecule has 1 N–H and O–H groups in total. The summed E-state index contributed by atoms with van der Waals surface area (Å²) in [4.78, 5) is 35.4. The van der Waals surface area contributed by atoms with Crippen LogP contribution in [0.2, 0.25) is 5.02 Å². The van der Waals surface area contributed by atoms with Crippen LogP contribution in [0.25, 0.3) is 0 Å². The molecule has 1 aliphatic heterocycles. The maximum absolute atomic E-state index is 12.0. The second kappa shape index (κ2) is 5.57. The number of carboxylic acids is 1. The van der Waals surface area contributed by atoms with Gasteiger partial charge < -0.3 is 19.9 Å². The van der Waals surface area contributed by atoms with Gasteiger partial charge in [0.05, 0.1) is 24.1 Å². The van der Waals surface area contributed by atoms with Crippen LogP contribution in [0.3, 0.4) is 0 Å². The summed E-state index contributed by atoms with van der Waals surface area (Å²) in [5, 5.41) is 20.9. The molecule has 0 spiro atoms. The van der Waals surface area contributed by atoms with Crippen LogP contribution >= 0.6 is 11.6 Å². The zero-order chi connectivity index (χ0) is 15.7. The highest BCUT2D eigenvalue weighted by Crippen LogP contribution is 2.39. The van der Waals surface area contributed by atoms with Gasteiger partial charge in [0, 0.05) is 5.02 Å². The number of carboxylic acid groups (broad SMARTS) is 1. The number of nitrogens with zero attached hydrogens (tertiary/aromatic N) is 1. The SMILES string of the molecule is CC(=O)C1=C(O)C(=O)N(CC(=O)[O-])[C@@H]1c1ccccc1Cl. The molecule has 21 heavy (non-hydrogen) atoms. The maximum atomic E-state index is 12.0. The van der Waals surface area contributed by atoms with E-state index in [1.165, 1.54) is 6.92 Å². The van der Waals surface area contributed by atoms with Crippen LogP contribution in [0, 0.1) is 0 Å². The highest BCUT2D eigenvalue weighted by atomic mass is 35.5. The standard InChI is InChI=1S/C14H12ClNO5/c1-7(17)11-12(8-4-2-3-5-9(8)15)16(6-10(18)19)14(21)13(11)20/h2-5,12,20H,6H2,1H3,(H,18,19)/p-1/t12-/m1/s1. The number of rotatable bonds is 4. The summed E-state index contributed by atoms with van der Waals surface area (Å²) < 4.78 is 0. The molecule has 0 fully saturated rings. The molecule has 0 saturated carbocycles. The molecule has 2 rings (SSSR count). The van der Waals surface area contributed by atoms with E-state index in [4.69, 9.17) is 11.6 Å². The first-order valence-electron chi connectivity index (χ1n) is 6.04. The molecule has 1 heterocycles. The van der Waals surface area contributed by atoms with Gasteiger partial charge in [-0.15, -0.1) is 0 Å². The van der Waals surface area contributed by atoms with E-state index in [0.29, 0.717) is 5.56 Å². The number of benzene rings is 1. The second-order valence-electron chi connectivity index (χ2n) is 4.55. The summed E-state index contributed by atoms with van der Waals surface area (Å²) in [5.74, 6) is -3.73. The van der Waals surface area contributed by atoms with Crippen molar-refractivity contribution in [1.29, 1.82) is 0 Å². The van der Waals surface area contributed by atoms with E-state index in [9.17, 15) is 24.6 Å². The smallest absolute Gasteiger partial charge is 0.290 e. The van der Waals surface area contributed by atoms with Crippen molar-refractivity contribution in [3.63, 3.8) is 0 Å². The summed E-state index contributed by atoms with van der Waals surface area (Å²) in [6, 6.07) is 5.36. The van der Waals surface area contributed by atoms with Gasteiger partial charge in [-0.2, -0.15) is 0 Å². The van der Waals surface area contributed by atoms with Crippen molar-refractivity contribution < 1.29 is 24.6 Å². The predicted octanol–water partition coefficient (Wildman–Crippen LogP) is 0.374. The molecule has 1 amide bonds. The molecule has 0 aliphatic carbocycles. The monoisotopic (exact) mass is 308 g/mol. The van der Waals surface area contributed by atoms with Gasteiger partial charge in [-0.3, -0.25) is 9.59 Å². The zero-order valence-electron chi connectivity index (χ0n) is 11.0. The quantitative estimate of drug-likeness (QED) is 0.867. The van der Waals surface area contributed by atoms with Gasteiger partial charge in [-0.25, -0.2) is 0 Å². The molecule has 0 bridgehead atoms. The summed E-state index contributed by atoms with van der Waals surface area (Å²) >= 11 is 6.06. The van der Waals surface area contributed by atoms with E-state index >= 15 is 0 Å². The summed E-state index contributed by atoms with van der Waals surface area (Å²) in [6.45, 7) is 0.431. The van der Waals surface area contributed by atoms with Crippen LogP contribution in [-0.2, 0) is 14.4 Å². The Labute approximate surface area is 125 Å². The van der Waals surface area contributed by atoms with E-state index < -0.39 is 36.0 Å². The lowest BCUT2D eigenvalue weighted by molar-refractivity contribution is -0.306. The third kappa shape index (κ3) is 2.62. The molecule has 1 aromatic rings. The van der Waals surface area contributed by atoms with Gasteiger partial charge in [0.25, 0.3) is 5.91 Å². The average Bonchev–Trinajstić information content (AvgIpc) is 2.63. The lowest BCUT2D eigenvalue weighted by Crippen LogP contribution is -2.41. The maximum Gasteiger partial charge on any atom is 0.290 e. The molecule has 0 aromatic heterocycles. The van der Waals surface area contributed by atoms with Gasteiger partial charge in [-0.1, -0.05) is 29.8 Å². The normalized spacial score (nSPS) is 18.3. The Morgan fingerprint density at radius 2 is 2.00 bits per heavy atom. The van der Waals surface area contributed by atoms with Gasteiger partial charge in [0.2, 0.25) is 0 Å². The van der Waals surface area contributed by atoms with Gasteiger partial charge in [-0.05, 0) is 18.6 Å². The van der Waals surface area contributed by atoms with Crippen molar-refractivity contribution in [3.8, 4) is 0 Å². The van der Waals surface area contributed by atoms with Crippen molar-refractivity contribution in [2.24, 2.45) is 0 Å². The number of halogens is 1. The summed E-state index contributed by atoms with van der Waals surface area (Å²) in [5.41, 5.74) is 0.192. The van der Waals surface area contributed by atoms with Crippen LogP contribution < -0.4 is 5.11 Å². The van der Waals surface area contributed by atoms with Crippen molar-refractivity contribution >= 4 is 29.3 Å². The minimum absolute atomic E-state index is 0.172. The fraction of sp³-hybridized carbons (Fsp3) is 0.214. The fourth-order valence-electron chi connectivity index (χ4n) is 2.34. The first kappa shape index (κ1) is 15.1. The molecular formula is C14H11ClNO5-. The van der Waals surface area contributed by atoms with E-state index in [-0.39, 0.29) is 10.6 Å². The molecule has 1 aromatic carbocycles. The first-order chi connectivity index (χ1) is 9.84. The lowest BCUT2D eigenvalue weighted by atomic mass is 9.97. The number of Topliss-reactive ketones (excluding diaryl/α,β-unsaturated/α-hetero) is 1. The highest BCUT2D eigenvalue weighted by Gasteiger charge is 2.42. The number of hydrogen-bond donors (Lipinski definition) is 1. The number of carbonyl (C=O) groups is 3. The Kier molecular flexibility index (Phi) is 3.99. The Morgan fingerprint density at radius 1 is 1.38 bits per heavy atom. The van der Waals surface area contributed by atoms with Gasteiger partial charge >= 0.3 is 0 Å². The van der Waals surface area contributed by atoms with E-state index in [1.807, 2.05) is 0 Å². The molecule has 0 radical (unpaired) electrons. The van der Waals surface area contributed by atoms with E-state index in [1.54, 1.807) is 24.3 Å². The Morgan fingerprint density at radius 3 is 2.52 bits per heavy atom. The number of ketones is 1. The number of aliphatic carboxylic acids is 1.